The molecular formula is C15H12BrCl2FO. The summed E-state index contributed by atoms with van der Waals surface area (Å²) >= 11 is 15.4. The first-order valence-electron chi connectivity index (χ1n) is 5.92. The number of alkyl halides is 1. The minimum atomic E-state index is -0.300. The van der Waals surface area contributed by atoms with E-state index in [1.54, 1.807) is 24.3 Å². The van der Waals surface area contributed by atoms with Crippen LogP contribution < -0.4 is 4.74 Å². The van der Waals surface area contributed by atoms with Gasteiger partial charge in [-0.2, -0.15) is 0 Å². The summed E-state index contributed by atoms with van der Waals surface area (Å²) in [6, 6.07) is 10.2. The van der Waals surface area contributed by atoms with Crippen molar-refractivity contribution in [2.75, 3.05) is 7.11 Å². The average molecular weight is 378 g/mol. The Kier molecular flexibility index (Phi) is 5.30. The summed E-state index contributed by atoms with van der Waals surface area (Å²) in [6.07, 6.45) is 0.611. The van der Waals surface area contributed by atoms with Crippen molar-refractivity contribution in [1.82, 2.24) is 0 Å². The van der Waals surface area contributed by atoms with E-state index in [1.807, 2.05) is 6.07 Å². The zero-order valence-electron chi connectivity index (χ0n) is 10.7. The van der Waals surface area contributed by atoms with Gasteiger partial charge in [-0.15, -0.1) is 0 Å². The van der Waals surface area contributed by atoms with Crippen LogP contribution in [0.15, 0.2) is 36.4 Å². The van der Waals surface area contributed by atoms with E-state index in [-0.39, 0.29) is 10.6 Å². The summed E-state index contributed by atoms with van der Waals surface area (Å²) in [6.45, 7) is 0. The monoisotopic (exact) mass is 376 g/mol. The van der Waals surface area contributed by atoms with Crippen LogP contribution in [0.3, 0.4) is 0 Å². The molecular weight excluding hydrogens is 366 g/mol. The second kappa shape index (κ2) is 6.79. The fourth-order valence-electron chi connectivity index (χ4n) is 1.87. The van der Waals surface area contributed by atoms with Crippen molar-refractivity contribution >= 4 is 39.1 Å². The van der Waals surface area contributed by atoms with E-state index in [9.17, 15) is 4.39 Å². The highest BCUT2D eigenvalue weighted by molar-refractivity contribution is 9.09. The van der Waals surface area contributed by atoms with Gasteiger partial charge in [0.25, 0.3) is 0 Å². The summed E-state index contributed by atoms with van der Waals surface area (Å²) in [5.74, 6) is 0.201. The van der Waals surface area contributed by atoms with E-state index in [0.29, 0.717) is 27.8 Å². The molecule has 0 saturated heterocycles. The van der Waals surface area contributed by atoms with Gasteiger partial charge >= 0.3 is 0 Å². The maximum absolute atomic E-state index is 14.0. The van der Waals surface area contributed by atoms with Gasteiger partial charge in [0.05, 0.1) is 17.2 Å². The number of rotatable bonds is 4. The fraction of sp³-hybridized carbons (Fsp3) is 0.200. The van der Waals surface area contributed by atoms with Crippen LogP contribution in [0.1, 0.15) is 16.0 Å². The SMILES string of the molecule is COc1ccc(C(Br)Cc2ccc(Cl)c(Cl)c2)c(F)c1. The van der Waals surface area contributed by atoms with Gasteiger partial charge < -0.3 is 4.74 Å². The van der Waals surface area contributed by atoms with Gasteiger partial charge in [-0.25, -0.2) is 4.39 Å². The maximum Gasteiger partial charge on any atom is 0.131 e. The lowest BCUT2D eigenvalue weighted by Gasteiger charge is -2.13. The van der Waals surface area contributed by atoms with Crippen LogP contribution >= 0.6 is 39.1 Å². The summed E-state index contributed by atoms with van der Waals surface area (Å²) in [5, 5.41) is 1.01. The van der Waals surface area contributed by atoms with Gasteiger partial charge in [0.15, 0.2) is 0 Å². The molecule has 1 unspecified atom stereocenters. The first-order valence-corrected chi connectivity index (χ1v) is 7.60. The standard InChI is InChI=1S/C15H12BrCl2FO/c1-20-10-3-4-11(15(19)8-10)12(16)6-9-2-5-13(17)14(18)7-9/h2-5,7-8,12H,6H2,1H3. The smallest absolute Gasteiger partial charge is 0.131 e. The summed E-state index contributed by atoms with van der Waals surface area (Å²) in [7, 11) is 1.51. The lowest BCUT2D eigenvalue weighted by atomic mass is 10.0. The number of ether oxygens (including phenoxy) is 1. The van der Waals surface area contributed by atoms with Crippen LogP contribution in [0.5, 0.6) is 5.75 Å². The number of halogens is 4. The third kappa shape index (κ3) is 3.66. The van der Waals surface area contributed by atoms with Gasteiger partial charge in [-0.1, -0.05) is 51.3 Å². The Hall–Kier alpha value is -0.770. The molecule has 0 aliphatic heterocycles. The molecule has 0 spiro atoms. The predicted molar refractivity (Wildman–Crippen MR) is 84.8 cm³/mol. The molecule has 1 atom stereocenters. The molecule has 0 fully saturated rings. The van der Waals surface area contributed by atoms with Crippen LogP contribution in [0.2, 0.25) is 10.0 Å². The predicted octanol–water partition coefficient (Wildman–Crippen LogP) is 5.82. The molecule has 0 aromatic heterocycles. The van der Waals surface area contributed by atoms with Crippen LogP contribution in [0, 0.1) is 5.82 Å². The first-order chi connectivity index (χ1) is 9.51. The van der Waals surface area contributed by atoms with Gasteiger partial charge in [-0.3, -0.25) is 0 Å². The molecule has 0 amide bonds. The molecule has 2 aromatic rings. The Morgan fingerprint density at radius 2 is 1.90 bits per heavy atom. The van der Waals surface area contributed by atoms with Crippen molar-refractivity contribution in [3.05, 3.63) is 63.4 Å². The minimum absolute atomic E-state index is 0.148. The average Bonchev–Trinajstić information content (AvgIpc) is 2.42. The van der Waals surface area contributed by atoms with Crippen molar-refractivity contribution < 1.29 is 9.13 Å². The first kappa shape index (κ1) is 15.6. The van der Waals surface area contributed by atoms with E-state index in [2.05, 4.69) is 15.9 Å². The van der Waals surface area contributed by atoms with Crippen LogP contribution in [0.25, 0.3) is 0 Å². The van der Waals surface area contributed by atoms with Crippen molar-refractivity contribution in [3.63, 3.8) is 0 Å². The number of hydrogen-bond acceptors (Lipinski definition) is 1. The highest BCUT2D eigenvalue weighted by Gasteiger charge is 2.14. The third-order valence-corrected chi connectivity index (χ3v) is 4.50. The quantitative estimate of drug-likeness (QED) is 0.610. The zero-order chi connectivity index (χ0) is 14.7. The Labute approximate surface area is 135 Å². The molecule has 1 nitrogen and oxygen atoms in total. The number of benzene rings is 2. The van der Waals surface area contributed by atoms with Crippen molar-refractivity contribution in [2.45, 2.75) is 11.2 Å². The van der Waals surface area contributed by atoms with Gasteiger partial charge in [-0.05, 0) is 30.2 Å². The van der Waals surface area contributed by atoms with E-state index >= 15 is 0 Å². The summed E-state index contributed by atoms with van der Waals surface area (Å²) in [4.78, 5) is -0.148. The zero-order valence-corrected chi connectivity index (χ0v) is 13.8. The topological polar surface area (TPSA) is 9.23 Å². The Balaban J connectivity index is 2.19. The van der Waals surface area contributed by atoms with E-state index in [0.717, 1.165) is 5.56 Å². The minimum Gasteiger partial charge on any atom is -0.497 e. The highest BCUT2D eigenvalue weighted by Crippen LogP contribution is 2.32. The van der Waals surface area contributed by atoms with E-state index < -0.39 is 0 Å². The highest BCUT2D eigenvalue weighted by atomic mass is 79.9. The second-order valence-electron chi connectivity index (χ2n) is 4.31. The number of hydrogen-bond donors (Lipinski definition) is 0. The molecule has 0 aliphatic rings. The molecule has 0 bridgehead atoms. The lowest BCUT2D eigenvalue weighted by Crippen LogP contribution is -1.99. The Bertz CT molecular complexity index is 619. The van der Waals surface area contributed by atoms with E-state index in [1.165, 1.54) is 13.2 Å². The summed E-state index contributed by atoms with van der Waals surface area (Å²) in [5.41, 5.74) is 1.56. The molecule has 0 radical (unpaired) electrons. The third-order valence-electron chi connectivity index (χ3n) is 2.94. The molecule has 20 heavy (non-hydrogen) atoms. The van der Waals surface area contributed by atoms with Crippen LogP contribution in [-0.2, 0) is 6.42 Å². The lowest BCUT2D eigenvalue weighted by molar-refractivity contribution is 0.410. The van der Waals surface area contributed by atoms with Crippen molar-refractivity contribution in [2.24, 2.45) is 0 Å². The van der Waals surface area contributed by atoms with E-state index in [4.69, 9.17) is 27.9 Å². The molecule has 0 aliphatic carbocycles. The molecule has 0 saturated carbocycles. The van der Waals surface area contributed by atoms with Crippen LogP contribution in [-0.4, -0.2) is 7.11 Å². The van der Waals surface area contributed by atoms with Crippen LogP contribution in [0.4, 0.5) is 4.39 Å². The van der Waals surface area contributed by atoms with Crippen molar-refractivity contribution in [1.29, 1.82) is 0 Å². The molecule has 0 N–H and O–H groups in total. The largest absolute Gasteiger partial charge is 0.497 e. The molecule has 0 heterocycles. The molecule has 2 rings (SSSR count). The molecule has 2 aromatic carbocycles. The fourth-order valence-corrected chi connectivity index (χ4v) is 2.94. The second-order valence-corrected chi connectivity index (χ2v) is 6.23. The van der Waals surface area contributed by atoms with Gasteiger partial charge in [0.1, 0.15) is 11.6 Å². The Morgan fingerprint density at radius 1 is 1.15 bits per heavy atom. The molecule has 5 heteroatoms. The van der Waals surface area contributed by atoms with Crippen molar-refractivity contribution in [3.8, 4) is 5.75 Å². The summed E-state index contributed by atoms with van der Waals surface area (Å²) < 4.78 is 19.0. The molecule has 106 valence electrons. The maximum atomic E-state index is 14.0. The Morgan fingerprint density at radius 3 is 2.50 bits per heavy atom. The number of methoxy groups -OCH3 is 1. The normalized spacial score (nSPS) is 12.2. The van der Waals surface area contributed by atoms with Gasteiger partial charge in [0.2, 0.25) is 0 Å². The van der Waals surface area contributed by atoms with Gasteiger partial charge in [0, 0.05) is 16.5 Å².